The summed E-state index contributed by atoms with van der Waals surface area (Å²) in [5.41, 5.74) is -0.397. The number of nitrogens with one attached hydrogen (secondary N) is 1. The fraction of sp³-hybridized carbons (Fsp3) is 0.111. The predicted octanol–water partition coefficient (Wildman–Crippen LogP) is 0.883. The third kappa shape index (κ3) is 1.87. The molecule has 0 radical (unpaired) electrons. The first-order valence-electron chi connectivity index (χ1n) is 3.81. The van der Waals surface area contributed by atoms with Crippen molar-refractivity contribution in [3.8, 4) is 0 Å². The summed E-state index contributed by atoms with van der Waals surface area (Å²) in [5, 5.41) is 10.9. The Hall–Kier alpha value is -1.91. The molecule has 0 aliphatic carbocycles. The molecular weight excluding hydrogens is 189 g/mol. The van der Waals surface area contributed by atoms with Crippen LogP contribution in [0, 0.1) is 5.82 Å². The second kappa shape index (κ2) is 3.87. The molecule has 1 rings (SSSR count). The lowest BCUT2D eigenvalue weighted by molar-refractivity contribution is 0.0691. The van der Waals surface area contributed by atoms with E-state index in [1.807, 2.05) is 0 Å². The molecule has 0 heterocycles. The van der Waals surface area contributed by atoms with Crippen molar-refractivity contribution in [2.75, 3.05) is 7.05 Å². The van der Waals surface area contributed by atoms with E-state index in [0.717, 1.165) is 18.2 Å². The average Bonchev–Trinajstić information content (AvgIpc) is 2.16. The summed E-state index contributed by atoms with van der Waals surface area (Å²) in [6, 6.07) is 2.94. The molecule has 0 aliphatic heterocycles. The molecule has 0 spiro atoms. The van der Waals surface area contributed by atoms with Gasteiger partial charge in [0, 0.05) is 7.05 Å². The van der Waals surface area contributed by atoms with Gasteiger partial charge in [0.15, 0.2) is 0 Å². The van der Waals surface area contributed by atoms with Crippen molar-refractivity contribution in [3.05, 3.63) is 35.1 Å². The van der Waals surface area contributed by atoms with Crippen LogP contribution < -0.4 is 5.32 Å². The van der Waals surface area contributed by atoms with Crippen molar-refractivity contribution < 1.29 is 19.1 Å². The number of halogens is 1. The first-order chi connectivity index (χ1) is 6.56. The zero-order valence-corrected chi connectivity index (χ0v) is 7.37. The van der Waals surface area contributed by atoms with Gasteiger partial charge in [-0.15, -0.1) is 0 Å². The molecule has 5 heteroatoms. The molecule has 14 heavy (non-hydrogen) atoms. The second-order valence-electron chi connectivity index (χ2n) is 2.57. The molecule has 0 saturated heterocycles. The second-order valence-corrected chi connectivity index (χ2v) is 2.57. The molecule has 2 N–H and O–H groups in total. The Morgan fingerprint density at radius 3 is 2.50 bits per heavy atom. The Bertz CT molecular complexity index is 390. The maximum absolute atomic E-state index is 12.7. The Kier molecular flexibility index (Phi) is 2.81. The summed E-state index contributed by atoms with van der Waals surface area (Å²) < 4.78 is 12.7. The van der Waals surface area contributed by atoms with Crippen molar-refractivity contribution in [2.45, 2.75) is 0 Å². The van der Waals surface area contributed by atoms with Crippen LogP contribution >= 0.6 is 0 Å². The molecule has 0 bridgehead atoms. The van der Waals surface area contributed by atoms with Gasteiger partial charge in [0.1, 0.15) is 5.82 Å². The van der Waals surface area contributed by atoms with E-state index in [1.54, 1.807) is 0 Å². The summed E-state index contributed by atoms with van der Waals surface area (Å²) in [6.45, 7) is 0. The number of amides is 1. The third-order valence-corrected chi connectivity index (χ3v) is 1.68. The normalized spacial score (nSPS) is 9.57. The highest BCUT2D eigenvalue weighted by Crippen LogP contribution is 2.11. The van der Waals surface area contributed by atoms with Crippen LogP contribution in [0.25, 0.3) is 0 Å². The molecule has 0 unspecified atom stereocenters. The van der Waals surface area contributed by atoms with Crippen LogP contribution in [-0.2, 0) is 0 Å². The maximum Gasteiger partial charge on any atom is 0.336 e. The van der Waals surface area contributed by atoms with Crippen molar-refractivity contribution in [1.82, 2.24) is 5.32 Å². The minimum Gasteiger partial charge on any atom is -0.478 e. The van der Waals surface area contributed by atoms with Gasteiger partial charge in [0.2, 0.25) is 0 Å². The molecule has 1 amide bonds. The number of hydrogen-bond acceptors (Lipinski definition) is 2. The molecule has 0 aromatic heterocycles. The molecule has 4 nitrogen and oxygen atoms in total. The maximum atomic E-state index is 12.7. The number of benzene rings is 1. The molecule has 74 valence electrons. The first-order valence-corrected chi connectivity index (χ1v) is 3.81. The number of rotatable bonds is 2. The van der Waals surface area contributed by atoms with Crippen molar-refractivity contribution in [3.63, 3.8) is 0 Å². The van der Waals surface area contributed by atoms with Crippen LogP contribution in [0.4, 0.5) is 4.39 Å². The summed E-state index contributed by atoms with van der Waals surface area (Å²) in [5.74, 6) is -2.53. The lowest BCUT2D eigenvalue weighted by Crippen LogP contribution is -2.21. The fourth-order valence-electron chi connectivity index (χ4n) is 1.03. The quantitative estimate of drug-likeness (QED) is 0.739. The first kappa shape index (κ1) is 10.2. The molecule has 0 fully saturated rings. The van der Waals surface area contributed by atoms with Gasteiger partial charge < -0.3 is 10.4 Å². The van der Waals surface area contributed by atoms with E-state index in [4.69, 9.17) is 5.11 Å². The van der Waals surface area contributed by atoms with Crippen LogP contribution in [-0.4, -0.2) is 24.0 Å². The van der Waals surface area contributed by atoms with Gasteiger partial charge in [-0.3, -0.25) is 4.79 Å². The number of hydrogen-bond donors (Lipinski definition) is 2. The Morgan fingerprint density at radius 1 is 1.36 bits per heavy atom. The van der Waals surface area contributed by atoms with Gasteiger partial charge in [-0.1, -0.05) is 0 Å². The topological polar surface area (TPSA) is 66.4 Å². The van der Waals surface area contributed by atoms with Crippen LogP contribution in [0.15, 0.2) is 18.2 Å². The minimum absolute atomic E-state index is 0.181. The van der Waals surface area contributed by atoms with E-state index >= 15 is 0 Å². The molecule has 0 saturated carbocycles. The van der Waals surface area contributed by atoms with E-state index in [-0.39, 0.29) is 11.1 Å². The smallest absolute Gasteiger partial charge is 0.336 e. The highest BCUT2D eigenvalue weighted by Gasteiger charge is 2.15. The van der Waals surface area contributed by atoms with Gasteiger partial charge in [0.05, 0.1) is 11.1 Å². The van der Waals surface area contributed by atoms with E-state index in [1.165, 1.54) is 7.05 Å². The van der Waals surface area contributed by atoms with E-state index < -0.39 is 17.7 Å². The van der Waals surface area contributed by atoms with Gasteiger partial charge in [0.25, 0.3) is 5.91 Å². The molecule has 0 atom stereocenters. The van der Waals surface area contributed by atoms with Crippen molar-refractivity contribution in [1.29, 1.82) is 0 Å². The highest BCUT2D eigenvalue weighted by atomic mass is 19.1. The number of carbonyl (C=O) groups is 2. The number of carboxylic acid groups (broad SMARTS) is 1. The van der Waals surface area contributed by atoms with Crippen molar-refractivity contribution >= 4 is 11.9 Å². The lowest BCUT2D eigenvalue weighted by Gasteiger charge is -2.03. The van der Waals surface area contributed by atoms with Crippen LogP contribution in [0.2, 0.25) is 0 Å². The molecule has 1 aromatic carbocycles. The fourth-order valence-corrected chi connectivity index (χ4v) is 1.03. The van der Waals surface area contributed by atoms with Crippen LogP contribution in [0.1, 0.15) is 20.7 Å². The molecular formula is C9H8FNO3. The van der Waals surface area contributed by atoms with Gasteiger partial charge in [-0.25, -0.2) is 9.18 Å². The summed E-state index contributed by atoms with van der Waals surface area (Å²) in [4.78, 5) is 21.8. The SMILES string of the molecule is CNC(=O)c1cc(F)ccc1C(=O)O. The minimum atomic E-state index is -1.26. The molecule has 0 aliphatic rings. The monoisotopic (exact) mass is 197 g/mol. The summed E-state index contributed by atoms with van der Waals surface area (Å²) in [6.07, 6.45) is 0. The average molecular weight is 197 g/mol. The van der Waals surface area contributed by atoms with E-state index in [9.17, 15) is 14.0 Å². The predicted molar refractivity (Wildman–Crippen MR) is 46.7 cm³/mol. The Labute approximate surface area is 79.4 Å². The van der Waals surface area contributed by atoms with Gasteiger partial charge >= 0.3 is 5.97 Å². The van der Waals surface area contributed by atoms with E-state index in [2.05, 4.69) is 5.32 Å². The Balaban J connectivity index is 3.29. The van der Waals surface area contributed by atoms with E-state index in [0.29, 0.717) is 0 Å². The largest absolute Gasteiger partial charge is 0.478 e. The number of aromatic carboxylic acids is 1. The summed E-state index contributed by atoms with van der Waals surface area (Å²) >= 11 is 0. The Morgan fingerprint density at radius 2 is 2.00 bits per heavy atom. The van der Waals surface area contributed by atoms with Crippen LogP contribution in [0.3, 0.4) is 0 Å². The third-order valence-electron chi connectivity index (χ3n) is 1.68. The summed E-state index contributed by atoms with van der Waals surface area (Å²) in [7, 11) is 1.35. The number of carboxylic acids is 1. The lowest BCUT2D eigenvalue weighted by atomic mass is 10.1. The highest BCUT2D eigenvalue weighted by molar-refractivity contribution is 6.04. The van der Waals surface area contributed by atoms with Gasteiger partial charge in [-0.05, 0) is 18.2 Å². The zero-order chi connectivity index (χ0) is 10.7. The van der Waals surface area contributed by atoms with Crippen molar-refractivity contribution in [2.24, 2.45) is 0 Å². The van der Waals surface area contributed by atoms with Crippen LogP contribution in [0.5, 0.6) is 0 Å². The standard InChI is InChI=1S/C9H8FNO3/c1-11-8(12)7-4-5(10)2-3-6(7)9(13)14/h2-4H,1H3,(H,11,12)(H,13,14). The zero-order valence-electron chi connectivity index (χ0n) is 7.37. The molecule has 1 aromatic rings. The van der Waals surface area contributed by atoms with Gasteiger partial charge in [-0.2, -0.15) is 0 Å². The number of carbonyl (C=O) groups excluding carboxylic acids is 1.